The summed E-state index contributed by atoms with van der Waals surface area (Å²) in [6, 6.07) is 0.622. The van der Waals surface area contributed by atoms with Crippen molar-refractivity contribution in [3.8, 4) is 0 Å². The van der Waals surface area contributed by atoms with Gasteiger partial charge in [-0.2, -0.15) is 0 Å². The molecule has 2 nitrogen and oxygen atoms in total. The molecule has 1 aromatic heterocycles. The number of aromatic amines is 1. The maximum atomic E-state index is 3.72. The van der Waals surface area contributed by atoms with Crippen molar-refractivity contribution in [1.82, 2.24) is 4.98 Å². The second-order valence-electron chi connectivity index (χ2n) is 12.2. The van der Waals surface area contributed by atoms with E-state index in [1.54, 1.807) is 0 Å². The van der Waals surface area contributed by atoms with Gasteiger partial charge in [0, 0.05) is 0 Å². The highest BCUT2D eigenvalue weighted by Gasteiger charge is 2.25. The van der Waals surface area contributed by atoms with Crippen molar-refractivity contribution in [3.05, 3.63) is 18.2 Å². The summed E-state index contributed by atoms with van der Waals surface area (Å²) in [6.45, 7) is 9.40. The highest BCUT2D eigenvalue weighted by molar-refractivity contribution is 4.90. The lowest BCUT2D eigenvalue weighted by molar-refractivity contribution is -0.727. The zero-order valence-corrected chi connectivity index (χ0v) is 26.1. The lowest BCUT2D eigenvalue weighted by atomic mass is 9.92. The molecule has 1 aromatic rings. The Morgan fingerprint density at radius 2 is 0.865 bits per heavy atom. The van der Waals surface area contributed by atoms with Crippen LogP contribution in [-0.2, 0) is 0 Å². The van der Waals surface area contributed by atoms with Gasteiger partial charge < -0.3 is 0 Å². The molecule has 1 heterocycles. The Hall–Kier alpha value is -0.790. The molecule has 1 atom stereocenters. The number of nitrogens with zero attached hydrogens (tertiary/aromatic N) is 1. The topological polar surface area (TPSA) is 19.7 Å². The van der Waals surface area contributed by atoms with E-state index in [-0.39, 0.29) is 0 Å². The molecule has 0 saturated heterocycles. The van der Waals surface area contributed by atoms with E-state index >= 15 is 0 Å². The average Bonchev–Trinajstić information content (AvgIpc) is 3.40. The van der Waals surface area contributed by atoms with Gasteiger partial charge in [0.05, 0.1) is 12.0 Å². The molecule has 0 amide bonds. The first-order valence-corrected chi connectivity index (χ1v) is 17.3. The van der Waals surface area contributed by atoms with Gasteiger partial charge >= 0.3 is 0 Å². The van der Waals surface area contributed by atoms with Crippen molar-refractivity contribution in [2.75, 3.05) is 0 Å². The van der Waals surface area contributed by atoms with Crippen LogP contribution in [0.25, 0.3) is 0 Å². The minimum Gasteiger partial charge on any atom is -0.247 e. The molecule has 0 bridgehead atoms. The number of imidazole rings is 1. The number of nitrogens with one attached hydrogen (secondary N) is 1. The van der Waals surface area contributed by atoms with Crippen LogP contribution in [0.5, 0.6) is 0 Å². The molecule has 1 N–H and O–H groups in total. The summed E-state index contributed by atoms with van der Waals surface area (Å²) in [5.74, 6) is 2.24. The fourth-order valence-electron chi connectivity index (χ4n) is 6.07. The second-order valence-corrected chi connectivity index (χ2v) is 12.2. The summed E-state index contributed by atoms with van der Waals surface area (Å²) in [5, 5.41) is 0. The molecule has 0 fully saturated rings. The van der Waals surface area contributed by atoms with E-state index in [9.17, 15) is 0 Å². The van der Waals surface area contributed by atoms with Crippen LogP contribution in [0.3, 0.4) is 0 Å². The Morgan fingerprint density at radius 1 is 0.514 bits per heavy atom. The van der Waals surface area contributed by atoms with E-state index in [2.05, 4.69) is 49.6 Å². The van der Waals surface area contributed by atoms with Crippen LogP contribution >= 0.6 is 0 Å². The van der Waals surface area contributed by atoms with E-state index in [1.807, 2.05) is 0 Å². The Balaban J connectivity index is 2.47. The molecule has 0 aliphatic rings. The third kappa shape index (κ3) is 18.2. The molecule has 0 aliphatic heterocycles. The summed E-state index contributed by atoms with van der Waals surface area (Å²) in [7, 11) is 0. The quantitative estimate of drug-likeness (QED) is 0.0842. The zero-order chi connectivity index (χ0) is 26.8. The Bertz CT molecular complexity index is 560. The van der Waals surface area contributed by atoms with E-state index < -0.39 is 0 Å². The Labute approximate surface area is 234 Å². The summed E-state index contributed by atoms with van der Waals surface area (Å²) >= 11 is 0. The monoisotopic (exact) mass is 518 g/mol. The van der Waals surface area contributed by atoms with Gasteiger partial charge in [0.25, 0.3) is 5.82 Å². The maximum absolute atomic E-state index is 3.72. The van der Waals surface area contributed by atoms with Crippen molar-refractivity contribution in [2.45, 2.75) is 207 Å². The van der Waals surface area contributed by atoms with Crippen LogP contribution in [-0.4, -0.2) is 4.98 Å². The Kier molecular flexibility index (Phi) is 23.6. The van der Waals surface area contributed by atoms with Gasteiger partial charge in [-0.15, -0.1) is 0 Å². The Morgan fingerprint density at radius 3 is 1.27 bits per heavy atom. The highest BCUT2D eigenvalue weighted by atomic mass is 15.1. The molecular weight excluding hydrogens is 448 g/mol. The molecule has 0 spiro atoms. The lowest BCUT2D eigenvalue weighted by Crippen LogP contribution is -2.41. The molecule has 218 valence electrons. The smallest absolute Gasteiger partial charge is 0.247 e. The van der Waals surface area contributed by atoms with Crippen molar-refractivity contribution >= 4 is 0 Å². The minimum atomic E-state index is 0.622. The van der Waals surface area contributed by atoms with Gasteiger partial charge in [0.15, 0.2) is 0 Å². The van der Waals surface area contributed by atoms with Gasteiger partial charge in [0.1, 0.15) is 12.4 Å². The molecule has 1 unspecified atom stereocenters. The lowest BCUT2D eigenvalue weighted by Gasteiger charge is -2.17. The summed E-state index contributed by atoms with van der Waals surface area (Å²) in [6.07, 6.45) is 41.2. The number of hydrogen-bond acceptors (Lipinski definition) is 0. The normalized spacial score (nSPS) is 12.6. The van der Waals surface area contributed by atoms with E-state index in [1.165, 1.54) is 173 Å². The first-order chi connectivity index (χ1) is 18.2. The van der Waals surface area contributed by atoms with Crippen LogP contribution in [0.1, 0.15) is 212 Å². The van der Waals surface area contributed by atoms with Gasteiger partial charge in [-0.25, -0.2) is 9.55 Å². The summed E-state index contributed by atoms with van der Waals surface area (Å²) in [5.41, 5.74) is 0. The first-order valence-electron chi connectivity index (χ1n) is 17.3. The molecule has 0 saturated carbocycles. The molecule has 0 radical (unpaired) electrons. The molecule has 37 heavy (non-hydrogen) atoms. The summed E-state index contributed by atoms with van der Waals surface area (Å²) in [4.78, 5) is 3.72. The summed E-state index contributed by atoms with van der Waals surface area (Å²) < 4.78 is 2.62. The number of aromatic nitrogens is 2. The van der Waals surface area contributed by atoms with Crippen molar-refractivity contribution in [2.24, 2.45) is 0 Å². The second kappa shape index (κ2) is 25.5. The van der Waals surface area contributed by atoms with Crippen molar-refractivity contribution in [1.29, 1.82) is 0 Å². The third-order valence-electron chi connectivity index (χ3n) is 8.64. The molecular formula is C35H69N2+. The van der Waals surface area contributed by atoms with Crippen molar-refractivity contribution < 1.29 is 4.57 Å². The van der Waals surface area contributed by atoms with E-state index in [0.29, 0.717) is 12.0 Å². The molecule has 0 aliphatic carbocycles. The van der Waals surface area contributed by atoms with Crippen LogP contribution in [0, 0.1) is 0 Å². The van der Waals surface area contributed by atoms with Crippen LogP contribution < -0.4 is 4.57 Å². The van der Waals surface area contributed by atoms with Crippen LogP contribution in [0.4, 0.5) is 0 Å². The number of unbranched alkanes of at least 4 members (excludes halogenated alkanes) is 20. The molecule has 1 rings (SSSR count). The van der Waals surface area contributed by atoms with Gasteiger partial charge in [0.2, 0.25) is 0 Å². The number of rotatable bonds is 28. The van der Waals surface area contributed by atoms with Gasteiger partial charge in [-0.3, -0.25) is 0 Å². The van der Waals surface area contributed by atoms with Gasteiger partial charge in [-0.05, 0) is 32.6 Å². The number of hydrogen-bond donors (Lipinski definition) is 1. The largest absolute Gasteiger partial charge is 0.257 e. The fourth-order valence-corrected chi connectivity index (χ4v) is 6.07. The third-order valence-corrected chi connectivity index (χ3v) is 8.64. The molecule has 0 aromatic carbocycles. The van der Waals surface area contributed by atoms with Crippen LogP contribution in [0.15, 0.2) is 12.4 Å². The zero-order valence-electron chi connectivity index (χ0n) is 26.1. The fraction of sp³-hybridized carbons (Fsp3) is 0.914. The minimum absolute atomic E-state index is 0.622. The predicted octanol–water partition coefficient (Wildman–Crippen LogP) is 12.1. The first kappa shape index (κ1) is 34.2. The maximum Gasteiger partial charge on any atom is 0.257 e. The SMILES string of the molecule is CCCCCCCCCCCC(C)[n+]1cc[nH]c1C(CCCCCCCCC)CCCCCCCCC. The van der Waals surface area contributed by atoms with Gasteiger partial charge in [-0.1, -0.05) is 162 Å². The standard InChI is InChI=1S/C35H68N2/c1-5-8-11-14-17-18-21-22-25-28-33(4)37-32-31-36-35(37)34(29-26-23-19-15-12-9-6-2)30-27-24-20-16-13-10-7-3/h31-34H,5-30H2,1-4H3/p+1. The van der Waals surface area contributed by atoms with Crippen molar-refractivity contribution in [3.63, 3.8) is 0 Å². The number of H-pyrrole nitrogens is 1. The average molecular weight is 518 g/mol. The van der Waals surface area contributed by atoms with E-state index in [0.717, 1.165) is 0 Å². The van der Waals surface area contributed by atoms with E-state index in [4.69, 9.17) is 0 Å². The highest BCUT2D eigenvalue weighted by Crippen LogP contribution is 2.27. The predicted molar refractivity (Wildman–Crippen MR) is 166 cm³/mol. The molecule has 2 heteroatoms. The van der Waals surface area contributed by atoms with Crippen LogP contribution in [0.2, 0.25) is 0 Å².